The highest BCUT2D eigenvalue weighted by Gasteiger charge is 2.17. The highest BCUT2D eigenvalue weighted by molar-refractivity contribution is 7.13. The summed E-state index contributed by atoms with van der Waals surface area (Å²) in [5, 5.41) is 9.07. The Balaban J connectivity index is 1.60. The minimum absolute atomic E-state index is 0.0921. The molecule has 3 rings (SSSR count). The monoisotopic (exact) mass is 302 g/mol. The number of thiazole rings is 1. The zero-order valence-corrected chi connectivity index (χ0v) is 12.7. The molecule has 1 amide bonds. The molecule has 0 bridgehead atoms. The molecule has 0 atom stereocenters. The van der Waals surface area contributed by atoms with E-state index in [9.17, 15) is 4.79 Å². The number of amides is 1. The highest BCUT2D eigenvalue weighted by Crippen LogP contribution is 2.22. The van der Waals surface area contributed by atoms with Gasteiger partial charge in [-0.25, -0.2) is 4.98 Å². The van der Waals surface area contributed by atoms with Gasteiger partial charge in [0.2, 0.25) is 5.91 Å². The van der Waals surface area contributed by atoms with E-state index in [0.29, 0.717) is 6.54 Å². The fraction of sp³-hybridized carbons (Fsp3) is 0.333. The third-order valence-corrected chi connectivity index (χ3v) is 4.16. The van der Waals surface area contributed by atoms with E-state index < -0.39 is 0 Å². The Morgan fingerprint density at radius 3 is 2.95 bits per heavy atom. The van der Waals surface area contributed by atoms with Crippen molar-refractivity contribution in [3.63, 3.8) is 0 Å². The molecule has 1 aromatic heterocycles. The number of nitrogens with zero attached hydrogens (tertiary/aromatic N) is 2. The van der Waals surface area contributed by atoms with Gasteiger partial charge in [0, 0.05) is 30.7 Å². The first-order chi connectivity index (χ1) is 10.2. The van der Waals surface area contributed by atoms with Gasteiger partial charge in [0.1, 0.15) is 0 Å². The van der Waals surface area contributed by atoms with E-state index in [4.69, 9.17) is 0 Å². The second-order valence-corrected chi connectivity index (χ2v) is 6.05. The average Bonchev–Trinajstić information content (AvgIpc) is 2.89. The minimum atomic E-state index is 0.0921. The molecule has 21 heavy (non-hydrogen) atoms. The zero-order valence-electron chi connectivity index (χ0n) is 11.9. The van der Waals surface area contributed by atoms with Crippen molar-refractivity contribution in [3.8, 4) is 0 Å². The van der Waals surface area contributed by atoms with Crippen LogP contribution in [0.5, 0.6) is 0 Å². The van der Waals surface area contributed by atoms with Gasteiger partial charge in [0.25, 0.3) is 0 Å². The van der Waals surface area contributed by atoms with E-state index in [1.54, 1.807) is 11.3 Å². The normalized spacial score (nSPS) is 15.8. The number of benzene rings is 1. The molecule has 0 unspecified atom stereocenters. The molecule has 0 aliphatic carbocycles. The Bertz CT molecular complexity index is 623. The molecule has 5 nitrogen and oxygen atoms in total. The van der Waals surface area contributed by atoms with Crippen LogP contribution in [0.15, 0.2) is 29.6 Å². The Morgan fingerprint density at radius 1 is 1.38 bits per heavy atom. The van der Waals surface area contributed by atoms with Crippen molar-refractivity contribution in [2.24, 2.45) is 0 Å². The van der Waals surface area contributed by atoms with E-state index in [1.807, 2.05) is 17.5 Å². The Morgan fingerprint density at radius 2 is 2.19 bits per heavy atom. The molecule has 1 saturated heterocycles. The van der Waals surface area contributed by atoms with Gasteiger partial charge in [-0.15, -0.1) is 11.3 Å². The number of anilines is 2. The van der Waals surface area contributed by atoms with Gasteiger partial charge in [-0.2, -0.15) is 0 Å². The third kappa shape index (κ3) is 3.80. The maximum absolute atomic E-state index is 11.4. The number of rotatable bonds is 4. The second-order valence-electron chi connectivity index (χ2n) is 5.20. The van der Waals surface area contributed by atoms with Crippen molar-refractivity contribution < 1.29 is 4.79 Å². The lowest BCUT2D eigenvalue weighted by Crippen LogP contribution is -2.47. The van der Waals surface area contributed by atoms with Gasteiger partial charge in [0.05, 0.1) is 12.2 Å². The van der Waals surface area contributed by atoms with Crippen LogP contribution in [0.25, 0.3) is 0 Å². The summed E-state index contributed by atoms with van der Waals surface area (Å²) in [6.45, 7) is 4.85. The molecular weight excluding hydrogens is 284 g/mol. The number of piperazine rings is 1. The zero-order chi connectivity index (χ0) is 14.7. The minimum Gasteiger partial charge on any atom is -0.354 e. The van der Waals surface area contributed by atoms with Crippen LogP contribution in [0.4, 0.5) is 10.8 Å². The fourth-order valence-electron chi connectivity index (χ4n) is 2.25. The van der Waals surface area contributed by atoms with Gasteiger partial charge in [-0.05, 0) is 19.1 Å². The van der Waals surface area contributed by atoms with E-state index in [1.165, 1.54) is 5.56 Å². The summed E-state index contributed by atoms with van der Waals surface area (Å²) >= 11 is 1.59. The summed E-state index contributed by atoms with van der Waals surface area (Å²) in [5.41, 5.74) is 3.28. The van der Waals surface area contributed by atoms with Gasteiger partial charge in [-0.3, -0.25) is 9.69 Å². The number of hydrogen-bond donors (Lipinski definition) is 2. The molecule has 0 saturated carbocycles. The van der Waals surface area contributed by atoms with Crippen LogP contribution in [0.2, 0.25) is 0 Å². The molecule has 0 radical (unpaired) electrons. The van der Waals surface area contributed by atoms with E-state index >= 15 is 0 Å². The van der Waals surface area contributed by atoms with Crippen LogP contribution < -0.4 is 10.6 Å². The van der Waals surface area contributed by atoms with Gasteiger partial charge < -0.3 is 10.6 Å². The maximum atomic E-state index is 11.4. The Labute approximate surface area is 128 Å². The van der Waals surface area contributed by atoms with Crippen molar-refractivity contribution in [1.82, 2.24) is 15.2 Å². The summed E-state index contributed by atoms with van der Waals surface area (Å²) in [7, 11) is 0. The van der Waals surface area contributed by atoms with Crippen LogP contribution >= 0.6 is 11.3 Å². The predicted molar refractivity (Wildman–Crippen MR) is 84.9 cm³/mol. The first-order valence-corrected chi connectivity index (χ1v) is 7.84. The van der Waals surface area contributed by atoms with Gasteiger partial charge in [-0.1, -0.05) is 17.7 Å². The topological polar surface area (TPSA) is 57.3 Å². The van der Waals surface area contributed by atoms with Crippen molar-refractivity contribution >= 4 is 28.1 Å². The van der Waals surface area contributed by atoms with Crippen LogP contribution in [0, 0.1) is 6.92 Å². The van der Waals surface area contributed by atoms with Gasteiger partial charge >= 0.3 is 0 Å². The number of aryl methyl sites for hydroxylation is 1. The second kappa shape index (κ2) is 6.24. The van der Waals surface area contributed by atoms with Gasteiger partial charge in [0.15, 0.2) is 5.13 Å². The third-order valence-electron chi connectivity index (χ3n) is 3.36. The summed E-state index contributed by atoms with van der Waals surface area (Å²) < 4.78 is 0. The molecule has 1 aliphatic heterocycles. The quantitative estimate of drug-likeness (QED) is 0.908. The van der Waals surface area contributed by atoms with Crippen molar-refractivity contribution in [2.75, 3.05) is 25.0 Å². The van der Waals surface area contributed by atoms with E-state index in [-0.39, 0.29) is 5.91 Å². The molecule has 1 aromatic carbocycles. The lowest BCUT2D eigenvalue weighted by molar-refractivity contribution is -0.124. The van der Waals surface area contributed by atoms with Crippen LogP contribution in [0.3, 0.4) is 0 Å². The first-order valence-electron chi connectivity index (χ1n) is 6.96. The summed E-state index contributed by atoms with van der Waals surface area (Å²) in [4.78, 5) is 18.1. The van der Waals surface area contributed by atoms with Crippen LogP contribution in [-0.2, 0) is 11.3 Å². The van der Waals surface area contributed by atoms with Crippen molar-refractivity contribution in [3.05, 3.63) is 40.9 Å². The molecule has 0 spiro atoms. The molecular formula is C15H18N4OS. The molecule has 110 valence electrons. The maximum Gasteiger partial charge on any atom is 0.234 e. The molecule has 2 aromatic rings. The molecule has 1 fully saturated rings. The lowest BCUT2D eigenvalue weighted by Gasteiger charge is -2.25. The molecule has 2 N–H and O–H groups in total. The SMILES string of the molecule is Cc1ccc(Nc2nc(CN3CCNC(=O)C3)cs2)cc1. The molecule has 6 heteroatoms. The fourth-order valence-corrected chi connectivity index (χ4v) is 2.97. The first kappa shape index (κ1) is 14.0. The van der Waals surface area contributed by atoms with E-state index in [0.717, 1.165) is 36.1 Å². The largest absolute Gasteiger partial charge is 0.354 e. The average molecular weight is 302 g/mol. The van der Waals surface area contributed by atoms with Crippen molar-refractivity contribution in [2.45, 2.75) is 13.5 Å². The van der Waals surface area contributed by atoms with E-state index in [2.05, 4.69) is 39.6 Å². The predicted octanol–water partition coefficient (Wildman–Crippen LogP) is 2.13. The number of nitrogens with one attached hydrogen (secondary N) is 2. The summed E-state index contributed by atoms with van der Waals surface area (Å²) in [5.74, 6) is 0.0921. The standard InChI is InChI=1S/C15H18N4OS/c1-11-2-4-12(5-3-11)17-15-18-13(10-21-15)8-19-7-6-16-14(20)9-19/h2-5,10H,6-9H2,1H3,(H,16,20)(H,17,18). The number of hydrogen-bond acceptors (Lipinski definition) is 5. The lowest BCUT2D eigenvalue weighted by atomic mass is 10.2. The number of aromatic nitrogens is 1. The Kier molecular flexibility index (Phi) is 4.17. The number of carbonyl (C=O) groups is 1. The summed E-state index contributed by atoms with van der Waals surface area (Å²) in [6, 6.07) is 8.24. The summed E-state index contributed by atoms with van der Waals surface area (Å²) in [6.07, 6.45) is 0. The highest BCUT2D eigenvalue weighted by atomic mass is 32.1. The molecule has 2 heterocycles. The smallest absolute Gasteiger partial charge is 0.234 e. The Hall–Kier alpha value is -1.92. The number of carbonyl (C=O) groups excluding carboxylic acids is 1. The molecule has 1 aliphatic rings. The van der Waals surface area contributed by atoms with Crippen LogP contribution in [-0.4, -0.2) is 35.4 Å². The van der Waals surface area contributed by atoms with Crippen LogP contribution in [0.1, 0.15) is 11.3 Å². The van der Waals surface area contributed by atoms with Crippen molar-refractivity contribution in [1.29, 1.82) is 0 Å².